The van der Waals surface area contributed by atoms with Crippen LogP contribution in [-0.2, 0) is 6.18 Å². The van der Waals surface area contributed by atoms with Crippen LogP contribution in [0.3, 0.4) is 0 Å². The number of alkyl halides is 3. The van der Waals surface area contributed by atoms with Crippen molar-refractivity contribution in [3.63, 3.8) is 0 Å². The lowest BCUT2D eigenvalue weighted by molar-refractivity contribution is -0.143. The van der Waals surface area contributed by atoms with Crippen molar-refractivity contribution in [1.82, 2.24) is 24.4 Å². The van der Waals surface area contributed by atoms with Gasteiger partial charge >= 0.3 is 6.18 Å². The predicted molar refractivity (Wildman–Crippen MR) is 138 cm³/mol. The molecule has 4 aromatic rings. The van der Waals surface area contributed by atoms with Crippen LogP contribution in [0.2, 0.25) is 0 Å². The standard InChI is InChI=1S/C28H28F3N5O3/c1-18-24(20-8-10-21(39-2)11-9-20)33-26-22(16-32-36(26)25(18)28(29,30)31)27(38)35-14-12-34(13-15-35)17-23(37)19-6-4-3-5-7-19/h3-11,16,23,37H,12-15,17H2,1-2H3/t23-/m1/s1. The molecule has 0 aliphatic carbocycles. The summed E-state index contributed by atoms with van der Waals surface area (Å²) in [6, 6.07) is 15.9. The highest BCUT2D eigenvalue weighted by Crippen LogP contribution is 2.37. The first-order chi connectivity index (χ1) is 18.7. The van der Waals surface area contributed by atoms with Gasteiger partial charge in [0.2, 0.25) is 0 Å². The number of amides is 1. The van der Waals surface area contributed by atoms with Crippen molar-refractivity contribution in [3.05, 3.63) is 83.2 Å². The van der Waals surface area contributed by atoms with Crippen LogP contribution >= 0.6 is 0 Å². The molecule has 3 heterocycles. The third-order valence-electron chi connectivity index (χ3n) is 7.02. The first-order valence-electron chi connectivity index (χ1n) is 12.5. The van der Waals surface area contributed by atoms with Crippen LogP contribution in [0.1, 0.15) is 33.3 Å². The summed E-state index contributed by atoms with van der Waals surface area (Å²) in [6.45, 7) is 3.53. The highest BCUT2D eigenvalue weighted by atomic mass is 19.4. The summed E-state index contributed by atoms with van der Waals surface area (Å²) in [5, 5.41) is 14.5. The van der Waals surface area contributed by atoms with Crippen LogP contribution in [0, 0.1) is 6.92 Å². The second kappa shape index (κ2) is 10.7. The molecule has 0 spiro atoms. The van der Waals surface area contributed by atoms with Crippen molar-refractivity contribution in [2.45, 2.75) is 19.2 Å². The van der Waals surface area contributed by atoms with Gasteiger partial charge in [-0.3, -0.25) is 9.69 Å². The zero-order chi connectivity index (χ0) is 27.7. The molecule has 0 unspecified atom stereocenters. The molecular weight excluding hydrogens is 511 g/mol. The monoisotopic (exact) mass is 539 g/mol. The first-order valence-corrected chi connectivity index (χ1v) is 12.5. The smallest absolute Gasteiger partial charge is 0.433 e. The van der Waals surface area contributed by atoms with E-state index in [2.05, 4.69) is 15.0 Å². The molecule has 1 aliphatic heterocycles. The molecule has 0 saturated carbocycles. The van der Waals surface area contributed by atoms with Crippen LogP contribution in [0.5, 0.6) is 5.75 Å². The second-order valence-electron chi connectivity index (χ2n) is 9.47. The Bertz CT molecular complexity index is 1460. The Morgan fingerprint density at radius 3 is 2.33 bits per heavy atom. The van der Waals surface area contributed by atoms with Gasteiger partial charge in [0.15, 0.2) is 11.3 Å². The Labute approximate surface area is 223 Å². The molecule has 2 aromatic carbocycles. The minimum Gasteiger partial charge on any atom is -0.497 e. The number of ether oxygens (including phenoxy) is 1. The fraction of sp³-hybridized carbons (Fsp3) is 0.321. The first kappa shape index (κ1) is 26.6. The maximum atomic E-state index is 14.2. The fourth-order valence-electron chi connectivity index (χ4n) is 4.92. The molecule has 1 aliphatic rings. The van der Waals surface area contributed by atoms with Crippen molar-refractivity contribution >= 4 is 11.6 Å². The highest BCUT2D eigenvalue weighted by molar-refractivity contribution is 6.00. The van der Waals surface area contributed by atoms with Gasteiger partial charge in [0.25, 0.3) is 5.91 Å². The average molecular weight is 540 g/mol. The van der Waals surface area contributed by atoms with Crippen LogP contribution < -0.4 is 4.74 Å². The van der Waals surface area contributed by atoms with Gasteiger partial charge in [-0.2, -0.15) is 18.3 Å². The number of piperazine rings is 1. The molecule has 0 radical (unpaired) electrons. The summed E-state index contributed by atoms with van der Waals surface area (Å²) in [5.74, 6) is 0.127. The Morgan fingerprint density at radius 1 is 1.05 bits per heavy atom. The van der Waals surface area contributed by atoms with E-state index in [4.69, 9.17) is 4.74 Å². The lowest BCUT2D eigenvalue weighted by Gasteiger charge is -2.35. The second-order valence-corrected chi connectivity index (χ2v) is 9.47. The van der Waals surface area contributed by atoms with Gasteiger partial charge in [-0.05, 0) is 36.8 Å². The topological polar surface area (TPSA) is 83.2 Å². The summed E-state index contributed by atoms with van der Waals surface area (Å²) in [5.41, 5.74) is 0.193. The number of hydrogen-bond donors (Lipinski definition) is 1. The van der Waals surface area contributed by atoms with Gasteiger partial charge in [0.1, 0.15) is 11.3 Å². The molecule has 5 rings (SSSR count). The minimum atomic E-state index is -4.72. The number of carbonyl (C=O) groups is 1. The van der Waals surface area contributed by atoms with E-state index >= 15 is 0 Å². The number of rotatable bonds is 6. The highest BCUT2D eigenvalue weighted by Gasteiger charge is 2.39. The van der Waals surface area contributed by atoms with Gasteiger partial charge in [0, 0.05) is 43.9 Å². The zero-order valence-electron chi connectivity index (χ0n) is 21.5. The van der Waals surface area contributed by atoms with Crippen molar-refractivity contribution in [2.75, 3.05) is 39.8 Å². The molecule has 39 heavy (non-hydrogen) atoms. The van der Waals surface area contributed by atoms with Gasteiger partial charge in [0.05, 0.1) is 25.1 Å². The number of β-amino-alcohol motifs (C(OH)–C–C–N with tert-alkyl or cyclic N) is 1. The number of fused-ring (bicyclic) bond motifs is 1. The van der Waals surface area contributed by atoms with E-state index in [0.717, 1.165) is 11.8 Å². The predicted octanol–water partition coefficient (Wildman–Crippen LogP) is 4.22. The van der Waals surface area contributed by atoms with Gasteiger partial charge in [-0.1, -0.05) is 30.3 Å². The number of aliphatic hydroxyl groups is 1. The zero-order valence-corrected chi connectivity index (χ0v) is 21.5. The molecular formula is C28H28F3N5O3. The molecule has 11 heteroatoms. The van der Waals surface area contributed by atoms with Crippen LogP contribution in [0.4, 0.5) is 13.2 Å². The molecule has 1 atom stereocenters. The van der Waals surface area contributed by atoms with Crippen LogP contribution in [-0.4, -0.2) is 75.2 Å². The minimum absolute atomic E-state index is 0.00744. The summed E-state index contributed by atoms with van der Waals surface area (Å²) in [4.78, 5) is 21.6. The molecule has 1 N–H and O–H groups in total. The summed E-state index contributed by atoms with van der Waals surface area (Å²) >= 11 is 0. The summed E-state index contributed by atoms with van der Waals surface area (Å²) in [6.07, 6.45) is -4.22. The number of nitrogens with zero attached hydrogens (tertiary/aromatic N) is 5. The quantitative estimate of drug-likeness (QED) is 0.395. The molecule has 0 bridgehead atoms. The van der Waals surface area contributed by atoms with E-state index in [-0.39, 0.29) is 22.5 Å². The van der Waals surface area contributed by atoms with Gasteiger partial charge in [-0.25, -0.2) is 9.50 Å². The Hall–Kier alpha value is -3.96. The molecule has 1 amide bonds. The number of aliphatic hydroxyl groups excluding tert-OH is 1. The fourth-order valence-corrected chi connectivity index (χ4v) is 4.92. The number of carbonyl (C=O) groups excluding carboxylic acids is 1. The van der Waals surface area contributed by atoms with Crippen molar-refractivity contribution < 1.29 is 27.8 Å². The van der Waals surface area contributed by atoms with Gasteiger partial charge in [-0.15, -0.1) is 0 Å². The Balaban J connectivity index is 1.41. The number of hydrogen-bond acceptors (Lipinski definition) is 6. The van der Waals surface area contributed by atoms with E-state index < -0.39 is 23.9 Å². The summed E-state index contributed by atoms with van der Waals surface area (Å²) in [7, 11) is 1.50. The largest absolute Gasteiger partial charge is 0.497 e. The molecule has 1 fully saturated rings. The van der Waals surface area contributed by atoms with E-state index in [1.54, 1.807) is 29.2 Å². The number of methoxy groups -OCH3 is 1. The molecule has 204 valence electrons. The van der Waals surface area contributed by atoms with E-state index in [9.17, 15) is 23.1 Å². The maximum absolute atomic E-state index is 14.2. The third-order valence-corrected chi connectivity index (χ3v) is 7.02. The number of benzene rings is 2. The van der Waals surface area contributed by atoms with Crippen LogP contribution in [0.25, 0.3) is 16.9 Å². The van der Waals surface area contributed by atoms with Gasteiger partial charge < -0.3 is 14.7 Å². The van der Waals surface area contributed by atoms with E-state index in [1.807, 2.05) is 30.3 Å². The molecule has 2 aromatic heterocycles. The lowest BCUT2D eigenvalue weighted by atomic mass is 10.0. The van der Waals surface area contributed by atoms with Crippen molar-refractivity contribution in [1.29, 1.82) is 0 Å². The van der Waals surface area contributed by atoms with E-state index in [0.29, 0.717) is 48.6 Å². The van der Waals surface area contributed by atoms with Crippen molar-refractivity contribution in [3.8, 4) is 17.0 Å². The van der Waals surface area contributed by atoms with Crippen LogP contribution in [0.15, 0.2) is 60.8 Å². The Morgan fingerprint density at radius 2 is 1.72 bits per heavy atom. The Kier molecular flexibility index (Phi) is 7.28. The maximum Gasteiger partial charge on any atom is 0.433 e. The summed E-state index contributed by atoms with van der Waals surface area (Å²) < 4.78 is 48.5. The average Bonchev–Trinajstić information content (AvgIpc) is 3.35. The van der Waals surface area contributed by atoms with Crippen molar-refractivity contribution in [2.24, 2.45) is 0 Å². The molecule has 1 saturated heterocycles. The SMILES string of the molecule is COc1ccc(-c2nc3c(C(=O)N4CCN(C[C@@H](O)c5ccccc5)CC4)cnn3c(C(F)(F)F)c2C)cc1. The normalized spacial score (nSPS) is 15.5. The lowest BCUT2D eigenvalue weighted by Crippen LogP contribution is -2.49. The number of halogens is 3. The van der Waals surface area contributed by atoms with E-state index in [1.165, 1.54) is 14.0 Å². The number of aromatic nitrogens is 3. The molecule has 8 nitrogen and oxygen atoms in total. The third kappa shape index (κ3) is 5.32.